The summed E-state index contributed by atoms with van der Waals surface area (Å²) in [5.74, 6) is 1.66. The predicted octanol–water partition coefficient (Wildman–Crippen LogP) is 6.17. The van der Waals surface area contributed by atoms with Crippen LogP contribution in [0, 0.1) is 13.8 Å². The second-order valence-corrected chi connectivity index (χ2v) is 11.5. The molecule has 0 aromatic heterocycles. The van der Waals surface area contributed by atoms with Crippen LogP contribution in [0.3, 0.4) is 0 Å². The maximum absolute atomic E-state index is 14.1. The Morgan fingerprint density at radius 1 is 1.05 bits per heavy atom. The van der Waals surface area contributed by atoms with Crippen molar-refractivity contribution in [3.8, 4) is 11.5 Å². The SMILES string of the molecule is C=C(C)CN1C(=O)N2Cc3cc(OC)cc(OC)c3[C@@H](C)C=C2C12CCN(Cc1cc(C)cc(C)c1)CC2. The number of hydrogen-bond donors (Lipinski definition) is 0. The van der Waals surface area contributed by atoms with Crippen LogP contribution in [0.15, 0.2) is 54.3 Å². The van der Waals surface area contributed by atoms with Gasteiger partial charge in [0.2, 0.25) is 0 Å². The summed E-state index contributed by atoms with van der Waals surface area (Å²) in [6, 6.07) is 10.9. The van der Waals surface area contributed by atoms with E-state index in [4.69, 9.17) is 9.47 Å². The second-order valence-electron chi connectivity index (χ2n) is 11.5. The summed E-state index contributed by atoms with van der Waals surface area (Å²) in [6.07, 6.45) is 4.13. The summed E-state index contributed by atoms with van der Waals surface area (Å²) in [5.41, 5.74) is 8.00. The van der Waals surface area contributed by atoms with E-state index in [1.807, 2.05) is 17.9 Å². The van der Waals surface area contributed by atoms with E-state index in [2.05, 4.69) is 67.5 Å². The van der Waals surface area contributed by atoms with E-state index in [1.165, 1.54) is 16.7 Å². The molecule has 0 saturated carbocycles. The van der Waals surface area contributed by atoms with Crippen molar-refractivity contribution in [1.82, 2.24) is 14.7 Å². The molecule has 38 heavy (non-hydrogen) atoms. The molecule has 1 atom stereocenters. The third kappa shape index (κ3) is 4.60. The number of carbonyl (C=O) groups excluding carboxylic acids is 1. The number of methoxy groups -OCH3 is 2. The molecule has 0 unspecified atom stereocenters. The van der Waals surface area contributed by atoms with Crippen LogP contribution in [-0.2, 0) is 13.1 Å². The van der Waals surface area contributed by atoms with Gasteiger partial charge in [0.1, 0.15) is 11.5 Å². The molecule has 5 rings (SSSR count). The van der Waals surface area contributed by atoms with E-state index in [0.717, 1.165) is 66.4 Å². The number of carbonyl (C=O) groups is 1. The topological polar surface area (TPSA) is 45.3 Å². The van der Waals surface area contributed by atoms with Crippen molar-refractivity contribution in [1.29, 1.82) is 0 Å². The van der Waals surface area contributed by atoms with Crippen molar-refractivity contribution >= 4 is 6.03 Å². The molecule has 0 aliphatic carbocycles. The van der Waals surface area contributed by atoms with E-state index in [0.29, 0.717) is 13.1 Å². The number of amides is 2. The first-order chi connectivity index (χ1) is 18.1. The van der Waals surface area contributed by atoms with Gasteiger partial charge in [0.25, 0.3) is 0 Å². The second kappa shape index (κ2) is 10.1. The smallest absolute Gasteiger partial charge is 0.325 e. The fourth-order valence-corrected chi connectivity index (χ4v) is 6.81. The number of fused-ring (bicyclic) bond motifs is 3. The van der Waals surface area contributed by atoms with E-state index < -0.39 is 0 Å². The summed E-state index contributed by atoms with van der Waals surface area (Å²) in [4.78, 5) is 20.7. The molecule has 0 bridgehead atoms. The first-order valence-corrected chi connectivity index (χ1v) is 13.7. The summed E-state index contributed by atoms with van der Waals surface area (Å²) >= 11 is 0. The first kappa shape index (κ1) is 26.4. The normalized spacial score (nSPS) is 20.6. The van der Waals surface area contributed by atoms with Crippen molar-refractivity contribution in [2.24, 2.45) is 0 Å². The Morgan fingerprint density at radius 2 is 1.74 bits per heavy atom. The van der Waals surface area contributed by atoms with Crippen LogP contribution >= 0.6 is 0 Å². The number of aryl methyl sites for hydroxylation is 2. The third-order valence-electron chi connectivity index (χ3n) is 8.39. The van der Waals surface area contributed by atoms with Gasteiger partial charge in [-0.1, -0.05) is 54.5 Å². The number of ether oxygens (including phenoxy) is 2. The zero-order valence-electron chi connectivity index (χ0n) is 23.8. The van der Waals surface area contributed by atoms with Gasteiger partial charge in [-0.15, -0.1) is 0 Å². The average molecular weight is 516 g/mol. The molecule has 6 nitrogen and oxygen atoms in total. The maximum Gasteiger partial charge on any atom is 0.325 e. The third-order valence-corrected chi connectivity index (χ3v) is 8.39. The Morgan fingerprint density at radius 3 is 2.34 bits per heavy atom. The van der Waals surface area contributed by atoms with E-state index in [9.17, 15) is 4.79 Å². The Hall–Kier alpha value is -3.25. The molecule has 3 aliphatic heterocycles. The highest BCUT2D eigenvalue weighted by molar-refractivity contribution is 5.83. The summed E-state index contributed by atoms with van der Waals surface area (Å²) in [6.45, 7) is 16.6. The maximum atomic E-state index is 14.1. The number of hydrogen-bond acceptors (Lipinski definition) is 4. The van der Waals surface area contributed by atoms with Crippen LogP contribution in [0.4, 0.5) is 4.79 Å². The molecule has 3 aliphatic rings. The van der Waals surface area contributed by atoms with Crippen LogP contribution in [0.1, 0.15) is 60.4 Å². The zero-order valence-corrected chi connectivity index (χ0v) is 23.8. The standard InChI is InChI=1S/C32H41N3O3/c1-21(2)18-35-31(36)34-20-26-16-27(37-6)17-28(38-7)30(26)24(5)15-29(34)32(35)8-10-33(11-9-32)19-25-13-22(3)12-23(4)14-25/h12-17,24H,1,8-11,18-20H2,2-7H3/t24-/m0/s1. The van der Waals surface area contributed by atoms with Gasteiger partial charge >= 0.3 is 6.03 Å². The number of allylic oxidation sites excluding steroid dienone is 1. The minimum Gasteiger partial charge on any atom is -0.497 e. The van der Waals surface area contributed by atoms with Gasteiger partial charge < -0.3 is 14.4 Å². The van der Waals surface area contributed by atoms with Crippen molar-refractivity contribution in [3.05, 3.63) is 82.1 Å². The van der Waals surface area contributed by atoms with Crippen LogP contribution < -0.4 is 9.47 Å². The highest BCUT2D eigenvalue weighted by Crippen LogP contribution is 2.49. The molecule has 1 spiro atoms. The Bertz CT molecular complexity index is 1270. The van der Waals surface area contributed by atoms with Gasteiger partial charge in [0, 0.05) is 49.4 Å². The fraction of sp³-hybridized carbons (Fsp3) is 0.469. The Balaban J connectivity index is 1.49. The van der Waals surface area contributed by atoms with Gasteiger partial charge in [0.05, 0.1) is 26.3 Å². The van der Waals surface area contributed by atoms with Gasteiger partial charge in [0.15, 0.2) is 0 Å². The number of piperidine rings is 1. The average Bonchev–Trinajstić information content (AvgIpc) is 2.97. The lowest BCUT2D eigenvalue weighted by Gasteiger charge is -2.45. The molecular formula is C32H41N3O3. The molecule has 3 heterocycles. The largest absolute Gasteiger partial charge is 0.497 e. The van der Waals surface area contributed by atoms with Crippen LogP contribution in [0.25, 0.3) is 0 Å². The van der Waals surface area contributed by atoms with Gasteiger partial charge in [-0.2, -0.15) is 0 Å². The molecular weight excluding hydrogens is 474 g/mol. The number of benzene rings is 2. The molecule has 0 N–H and O–H groups in total. The molecule has 2 saturated heterocycles. The van der Waals surface area contributed by atoms with Crippen molar-refractivity contribution in [2.75, 3.05) is 33.9 Å². The van der Waals surface area contributed by atoms with Crippen molar-refractivity contribution in [2.45, 2.75) is 65.1 Å². The Labute approximate surface area is 227 Å². The van der Waals surface area contributed by atoms with E-state index in [1.54, 1.807) is 14.2 Å². The lowest BCUT2D eigenvalue weighted by atomic mass is 9.81. The lowest BCUT2D eigenvalue weighted by molar-refractivity contribution is 0.0909. The highest BCUT2D eigenvalue weighted by atomic mass is 16.5. The van der Waals surface area contributed by atoms with Crippen molar-refractivity contribution < 1.29 is 14.3 Å². The van der Waals surface area contributed by atoms with Crippen molar-refractivity contribution in [3.63, 3.8) is 0 Å². The van der Waals surface area contributed by atoms with Gasteiger partial charge in [-0.3, -0.25) is 9.80 Å². The van der Waals surface area contributed by atoms with E-state index in [-0.39, 0.29) is 17.5 Å². The van der Waals surface area contributed by atoms with Crippen LogP contribution in [0.2, 0.25) is 0 Å². The predicted molar refractivity (Wildman–Crippen MR) is 152 cm³/mol. The molecule has 2 aromatic carbocycles. The number of rotatable bonds is 6. The monoisotopic (exact) mass is 515 g/mol. The summed E-state index contributed by atoms with van der Waals surface area (Å²) < 4.78 is 11.4. The molecule has 202 valence electrons. The Kier molecular flexibility index (Phi) is 7.03. The van der Waals surface area contributed by atoms with E-state index >= 15 is 0 Å². The van der Waals surface area contributed by atoms with Gasteiger partial charge in [-0.25, -0.2) is 4.79 Å². The quantitative estimate of drug-likeness (QED) is 0.432. The fourth-order valence-electron chi connectivity index (χ4n) is 6.81. The van der Waals surface area contributed by atoms with Crippen LogP contribution in [0.5, 0.6) is 11.5 Å². The highest BCUT2D eigenvalue weighted by Gasteiger charge is 2.55. The summed E-state index contributed by atoms with van der Waals surface area (Å²) in [7, 11) is 3.37. The first-order valence-electron chi connectivity index (χ1n) is 13.7. The minimum atomic E-state index is -0.331. The van der Waals surface area contributed by atoms with Gasteiger partial charge in [-0.05, 0) is 50.8 Å². The summed E-state index contributed by atoms with van der Waals surface area (Å²) in [5, 5.41) is 0. The molecule has 0 radical (unpaired) electrons. The molecule has 6 heteroatoms. The molecule has 2 amide bonds. The zero-order chi connectivity index (χ0) is 27.2. The lowest BCUT2D eigenvalue weighted by Crippen LogP contribution is -2.54. The number of likely N-dealkylation sites (tertiary alicyclic amines) is 1. The molecule has 2 fully saturated rings. The van der Waals surface area contributed by atoms with Crippen LogP contribution in [-0.4, -0.2) is 60.1 Å². The number of nitrogens with zero attached hydrogens (tertiary/aromatic N) is 3. The number of urea groups is 1. The molecule has 2 aromatic rings. The minimum absolute atomic E-state index is 0.0730.